The Hall–Kier alpha value is -2.08. The number of carbonyl (C=O) groups excluding carboxylic acids is 2. The molecule has 25 heavy (non-hydrogen) atoms. The summed E-state index contributed by atoms with van der Waals surface area (Å²) >= 11 is 0. The predicted octanol–water partition coefficient (Wildman–Crippen LogP) is 1.52. The minimum atomic E-state index is -0.511. The number of hydrogen-bond donors (Lipinski definition) is 2. The van der Waals surface area contributed by atoms with Gasteiger partial charge in [0, 0.05) is 18.7 Å². The van der Waals surface area contributed by atoms with Crippen molar-refractivity contribution in [2.75, 3.05) is 33.8 Å². The Morgan fingerprint density at radius 1 is 1.28 bits per heavy atom. The summed E-state index contributed by atoms with van der Waals surface area (Å²) in [5.41, 5.74) is 0.522. The lowest BCUT2D eigenvalue weighted by atomic mass is 10.0. The maximum Gasteiger partial charge on any atom is 0.251 e. The summed E-state index contributed by atoms with van der Waals surface area (Å²) in [7, 11) is 3.51. The van der Waals surface area contributed by atoms with Crippen molar-refractivity contribution in [1.82, 2.24) is 15.5 Å². The van der Waals surface area contributed by atoms with E-state index in [0.29, 0.717) is 17.2 Å². The molecule has 0 aliphatic carbocycles. The minimum absolute atomic E-state index is 0.00969. The van der Waals surface area contributed by atoms with Gasteiger partial charge in [0.2, 0.25) is 5.91 Å². The highest BCUT2D eigenvalue weighted by molar-refractivity contribution is 5.97. The fourth-order valence-corrected chi connectivity index (χ4v) is 3.17. The lowest BCUT2D eigenvalue weighted by Gasteiger charge is -2.27. The van der Waals surface area contributed by atoms with Crippen LogP contribution in [0.3, 0.4) is 0 Å². The molecular weight excluding hydrogens is 318 g/mol. The van der Waals surface area contributed by atoms with E-state index in [4.69, 9.17) is 4.74 Å². The normalized spacial score (nSPS) is 18.3. The lowest BCUT2D eigenvalue weighted by Crippen LogP contribution is -2.50. The van der Waals surface area contributed by atoms with Gasteiger partial charge in [0.25, 0.3) is 5.91 Å². The Morgan fingerprint density at radius 3 is 2.52 bits per heavy atom. The average Bonchev–Trinajstić information content (AvgIpc) is 3.07. The molecular formula is C19H29N3O3. The van der Waals surface area contributed by atoms with Crippen molar-refractivity contribution in [2.45, 2.75) is 26.3 Å². The second kappa shape index (κ2) is 8.85. The second-order valence-corrected chi connectivity index (χ2v) is 6.92. The highest BCUT2D eigenvalue weighted by Gasteiger charge is 2.33. The van der Waals surface area contributed by atoms with Crippen LogP contribution < -0.4 is 15.4 Å². The fraction of sp³-hybridized carbons (Fsp3) is 0.579. The molecule has 2 atom stereocenters. The van der Waals surface area contributed by atoms with Gasteiger partial charge >= 0.3 is 0 Å². The number of amides is 2. The van der Waals surface area contributed by atoms with E-state index in [9.17, 15) is 9.59 Å². The van der Waals surface area contributed by atoms with Crippen LogP contribution in [-0.4, -0.2) is 56.5 Å². The quantitative estimate of drug-likeness (QED) is 0.784. The molecule has 1 heterocycles. The maximum atomic E-state index is 12.9. The van der Waals surface area contributed by atoms with Gasteiger partial charge in [-0.1, -0.05) is 13.8 Å². The number of likely N-dealkylation sites (tertiary alicyclic amines) is 1. The lowest BCUT2D eigenvalue weighted by molar-refractivity contribution is -0.133. The third-order valence-electron chi connectivity index (χ3n) is 4.66. The molecule has 0 radical (unpaired) electrons. The zero-order chi connectivity index (χ0) is 18.4. The summed E-state index contributed by atoms with van der Waals surface area (Å²) in [5, 5.41) is 6.07. The van der Waals surface area contributed by atoms with Crippen molar-refractivity contribution in [3.63, 3.8) is 0 Å². The van der Waals surface area contributed by atoms with Gasteiger partial charge in [-0.05, 0) is 56.1 Å². The predicted molar refractivity (Wildman–Crippen MR) is 97.7 cm³/mol. The van der Waals surface area contributed by atoms with E-state index in [1.54, 1.807) is 31.4 Å². The Morgan fingerprint density at radius 2 is 1.96 bits per heavy atom. The molecule has 6 nitrogen and oxygen atoms in total. The standard InChI is InChI=1S/C19H29N3O3/c1-13(2)17(19(24)22-10-9-14(12-22)11-20-3)21-18(23)15-5-7-16(25-4)8-6-15/h5-8,13-14,17,20H,9-12H2,1-4H3,(H,21,23). The third-order valence-corrected chi connectivity index (χ3v) is 4.66. The number of ether oxygens (including phenoxy) is 1. The molecule has 138 valence electrons. The topological polar surface area (TPSA) is 70.7 Å². The first-order chi connectivity index (χ1) is 12.0. The van der Waals surface area contributed by atoms with E-state index in [-0.39, 0.29) is 17.7 Å². The second-order valence-electron chi connectivity index (χ2n) is 6.92. The monoisotopic (exact) mass is 347 g/mol. The molecule has 2 N–H and O–H groups in total. The molecule has 0 bridgehead atoms. The van der Waals surface area contributed by atoms with Crippen LogP contribution >= 0.6 is 0 Å². The number of nitrogens with zero attached hydrogens (tertiary/aromatic N) is 1. The van der Waals surface area contributed by atoms with Gasteiger partial charge in [0.15, 0.2) is 0 Å². The third kappa shape index (κ3) is 4.95. The Labute approximate surface area is 149 Å². The molecule has 1 aromatic rings. The summed E-state index contributed by atoms with van der Waals surface area (Å²) in [6, 6.07) is 6.38. The Balaban J connectivity index is 2.02. The molecule has 0 saturated carbocycles. The van der Waals surface area contributed by atoms with Crippen LogP contribution in [0.1, 0.15) is 30.6 Å². The van der Waals surface area contributed by atoms with Crippen LogP contribution in [0.4, 0.5) is 0 Å². The Bertz CT molecular complexity index is 586. The molecule has 2 rings (SSSR count). The van der Waals surface area contributed by atoms with Crippen molar-refractivity contribution in [3.8, 4) is 5.75 Å². The molecule has 1 aliphatic rings. The van der Waals surface area contributed by atoms with Gasteiger partial charge < -0.3 is 20.3 Å². The van der Waals surface area contributed by atoms with Gasteiger partial charge in [-0.15, -0.1) is 0 Å². The average molecular weight is 347 g/mol. The van der Waals surface area contributed by atoms with E-state index < -0.39 is 6.04 Å². The van der Waals surface area contributed by atoms with E-state index in [1.165, 1.54) is 0 Å². The van der Waals surface area contributed by atoms with Gasteiger partial charge in [0.1, 0.15) is 11.8 Å². The minimum Gasteiger partial charge on any atom is -0.497 e. The number of rotatable bonds is 7. The number of benzene rings is 1. The first-order valence-electron chi connectivity index (χ1n) is 8.84. The molecule has 1 fully saturated rings. The summed E-state index contributed by atoms with van der Waals surface area (Å²) in [4.78, 5) is 27.3. The Kier molecular flexibility index (Phi) is 6.82. The largest absolute Gasteiger partial charge is 0.497 e. The molecule has 2 unspecified atom stereocenters. The van der Waals surface area contributed by atoms with E-state index >= 15 is 0 Å². The van der Waals surface area contributed by atoms with Gasteiger partial charge in [-0.2, -0.15) is 0 Å². The fourth-order valence-electron chi connectivity index (χ4n) is 3.17. The molecule has 6 heteroatoms. The van der Waals surface area contributed by atoms with Crippen LogP contribution in [0.25, 0.3) is 0 Å². The van der Waals surface area contributed by atoms with E-state index in [2.05, 4.69) is 10.6 Å². The highest BCUT2D eigenvalue weighted by Crippen LogP contribution is 2.19. The van der Waals surface area contributed by atoms with Crippen LogP contribution in [0.2, 0.25) is 0 Å². The zero-order valence-corrected chi connectivity index (χ0v) is 15.5. The van der Waals surface area contributed by atoms with Crippen molar-refractivity contribution in [1.29, 1.82) is 0 Å². The smallest absolute Gasteiger partial charge is 0.251 e. The first-order valence-corrected chi connectivity index (χ1v) is 8.84. The van der Waals surface area contributed by atoms with Crippen LogP contribution in [-0.2, 0) is 4.79 Å². The number of hydrogen-bond acceptors (Lipinski definition) is 4. The maximum absolute atomic E-state index is 12.9. The summed E-state index contributed by atoms with van der Waals surface area (Å²) in [6.07, 6.45) is 1.00. The number of methoxy groups -OCH3 is 1. The molecule has 1 saturated heterocycles. The zero-order valence-electron chi connectivity index (χ0n) is 15.5. The first kappa shape index (κ1) is 19.2. The molecule has 1 aliphatic heterocycles. The van der Waals surface area contributed by atoms with Gasteiger partial charge in [-0.3, -0.25) is 9.59 Å². The molecule has 0 aromatic heterocycles. The summed E-state index contributed by atoms with van der Waals surface area (Å²) in [5.74, 6) is 0.980. The van der Waals surface area contributed by atoms with Crippen molar-refractivity contribution in [2.24, 2.45) is 11.8 Å². The van der Waals surface area contributed by atoms with E-state index in [0.717, 1.165) is 26.1 Å². The number of carbonyl (C=O) groups is 2. The SMILES string of the molecule is CNCC1CCN(C(=O)C(NC(=O)c2ccc(OC)cc2)C(C)C)C1. The molecule has 1 aromatic carbocycles. The van der Waals surface area contributed by atoms with Crippen molar-refractivity contribution >= 4 is 11.8 Å². The summed E-state index contributed by atoms with van der Waals surface area (Å²) < 4.78 is 5.11. The van der Waals surface area contributed by atoms with Gasteiger partial charge in [-0.25, -0.2) is 0 Å². The summed E-state index contributed by atoms with van der Waals surface area (Å²) in [6.45, 7) is 6.33. The molecule has 2 amide bonds. The van der Waals surface area contributed by atoms with Crippen molar-refractivity contribution in [3.05, 3.63) is 29.8 Å². The van der Waals surface area contributed by atoms with Crippen molar-refractivity contribution < 1.29 is 14.3 Å². The van der Waals surface area contributed by atoms with E-state index in [1.807, 2.05) is 25.8 Å². The van der Waals surface area contributed by atoms with Crippen LogP contribution in [0.5, 0.6) is 5.75 Å². The molecule has 0 spiro atoms. The van der Waals surface area contributed by atoms with Crippen LogP contribution in [0, 0.1) is 11.8 Å². The van der Waals surface area contributed by atoms with Crippen LogP contribution in [0.15, 0.2) is 24.3 Å². The van der Waals surface area contributed by atoms with Gasteiger partial charge in [0.05, 0.1) is 7.11 Å². The number of nitrogens with one attached hydrogen (secondary N) is 2. The highest BCUT2D eigenvalue weighted by atomic mass is 16.5.